The predicted octanol–water partition coefficient (Wildman–Crippen LogP) is 3.79. The molecule has 6 nitrogen and oxygen atoms in total. The van der Waals surface area contributed by atoms with Gasteiger partial charge < -0.3 is 0 Å². The molecule has 4 aromatic rings. The second-order valence-corrected chi connectivity index (χ2v) is 11.2. The molecule has 4 rings (SSSR count). The van der Waals surface area contributed by atoms with E-state index in [1.165, 1.54) is 45.5 Å². The Kier molecular flexibility index (Phi) is 5.16. The van der Waals surface area contributed by atoms with Gasteiger partial charge in [-0.05, 0) is 36.8 Å². The summed E-state index contributed by atoms with van der Waals surface area (Å²) in [6, 6.07) is 10.7. The molecule has 0 aliphatic heterocycles. The SMILES string of the molecule is Cc1ccc(-c2csc3ncn(Cc4cccc(S(=O)(=O)N(C)C)c4)c(=O)c23)s1. The summed E-state index contributed by atoms with van der Waals surface area (Å²) in [6.07, 6.45) is 1.53. The highest BCUT2D eigenvalue weighted by atomic mass is 32.2. The zero-order chi connectivity index (χ0) is 20.8. The molecule has 0 unspecified atom stereocenters. The second kappa shape index (κ2) is 7.49. The Morgan fingerprint density at radius 2 is 1.97 bits per heavy atom. The van der Waals surface area contributed by atoms with Crippen LogP contribution in [0, 0.1) is 6.92 Å². The highest BCUT2D eigenvalue weighted by Gasteiger charge is 2.18. The minimum atomic E-state index is -3.53. The summed E-state index contributed by atoms with van der Waals surface area (Å²) in [5, 5.41) is 2.58. The van der Waals surface area contributed by atoms with Crippen LogP contribution in [0.25, 0.3) is 20.7 Å². The van der Waals surface area contributed by atoms with Crippen molar-refractivity contribution in [3.05, 3.63) is 68.9 Å². The minimum absolute atomic E-state index is 0.127. The number of aryl methyl sites for hydroxylation is 1. The summed E-state index contributed by atoms with van der Waals surface area (Å²) < 4.78 is 27.5. The van der Waals surface area contributed by atoms with Gasteiger partial charge in [-0.3, -0.25) is 9.36 Å². The van der Waals surface area contributed by atoms with Crippen LogP contribution >= 0.6 is 22.7 Å². The Bertz CT molecular complexity index is 1360. The number of thiophene rings is 2. The number of hydrogen-bond acceptors (Lipinski definition) is 6. The third kappa shape index (κ3) is 3.66. The van der Waals surface area contributed by atoms with E-state index in [0.717, 1.165) is 16.0 Å². The van der Waals surface area contributed by atoms with Crippen molar-refractivity contribution in [2.75, 3.05) is 14.1 Å². The van der Waals surface area contributed by atoms with Crippen LogP contribution in [-0.4, -0.2) is 36.4 Å². The van der Waals surface area contributed by atoms with Gasteiger partial charge in [-0.1, -0.05) is 12.1 Å². The molecule has 150 valence electrons. The topological polar surface area (TPSA) is 72.3 Å². The Balaban J connectivity index is 1.77. The molecule has 3 heterocycles. The van der Waals surface area contributed by atoms with Gasteiger partial charge in [0.05, 0.1) is 23.2 Å². The second-order valence-electron chi connectivity index (χ2n) is 6.85. The first kappa shape index (κ1) is 20.0. The molecule has 0 N–H and O–H groups in total. The molecule has 0 spiro atoms. The van der Waals surface area contributed by atoms with Crippen LogP contribution in [0.4, 0.5) is 0 Å². The number of hydrogen-bond donors (Lipinski definition) is 0. The molecule has 0 atom stereocenters. The third-order valence-corrected chi connectivity index (χ3v) is 8.33. The Hall–Kier alpha value is -2.33. The van der Waals surface area contributed by atoms with Gasteiger partial charge in [-0.2, -0.15) is 0 Å². The lowest BCUT2D eigenvalue weighted by molar-refractivity contribution is 0.520. The van der Waals surface area contributed by atoms with E-state index < -0.39 is 10.0 Å². The van der Waals surface area contributed by atoms with Crippen LogP contribution in [-0.2, 0) is 16.6 Å². The summed E-state index contributed by atoms with van der Waals surface area (Å²) in [5.41, 5.74) is 1.50. The van der Waals surface area contributed by atoms with Crippen molar-refractivity contribution in [3.63, 3.8) is 0 Å². The Labute approximate surface area is 176 Å². The van der Waals surface area contributed by atoms with Gasteiger partial charge >= 0.3 is 0 Å². The van der Waals surface area contributed by atoms with Gasteiger partial charge in [-0.15, -0.1) is 22.7 Å². The number of benzene rings is 1. The monoisotopic (exact) mass is 445 g/mol. The maximum Gasteiger partial charge on any atom is 0.263 e. The third-order valence-electron chi connectivity index (χ3n) is 4.60. The molecule has 0 bridgehead atoms. The van der Waals surface area contributed by atoms with Crippen molar-refractivity contribution >= 4 is 42.9 Å². The highest BCUT2D eigenvalue weighted by molar-refractivity contribution is 7.89. The van der Waals surface area contributed by atoms with Crippen molar-refractivity contribution in [2.45, 2.75) is 18.4 Å². The lowest BCUT2D eigenvalue weighted by Crippen LogP contribution is -2.23. The summed E-state index contributed by atoms with van der Waals surface area (Å²) >= 11 is 3.10. The highest BCUT2D eigenvalue weighted by Crippen LogP contribution is 2.34. The fourth-order valence-corrected chi connectivity index (χ4v) is 5.89. The van der Waals surface area contributed by atoms with E-state index in [2.05, 4.69) is 4.98 Å². The number of fused-ring (bicyclic) bond motifs is 1. The molecule has 0 fully saturated rings. The lowest BCUT2D eigenvalue weighted by Gasteiger charge is -2.12. The average Bonchev–Trinajstić information content (AvgIpc) is 3.30. The van der Waals surface area contributed by atoms with Gasteiger partial charge in [0.15, 0.2) is 0 Å². The fraction of sp³-hybridized carbons (Fsp3) is 0.200. The molecule has 0 saturated heterocycles. The van der Waals surface area contributed by atoms with Crippen molar-refractivity contribution in [3.8, 4) is 10.4 Å². The normalized spacial score (nSPS) is 12.1. The average molecular weight is 446 g/mol. The Morgan fingerprint density at radius 1 is 1.17 bits per heavy atom. The van der Waals surface area contributed by atoms with Crippen LogP contribution in [0.5, 0.6) is 0 Å². The first-order valence-corrected chi connectivity index (χ1v) is 12.0. The summed E-state index contributed by atoms with van der Waals surface area (Å²) in [4.78, 5) is 20.8. The van der Waals surface area contributed by atoms with E-state index in [1.807, 2.05) is 30.5 Å². The van der Waals surface area contributed by atoms with E-state index in [9.17, 15) is 13.2 Å². The van der Waals surface area contributed by atoms with Crippen molar-refractivity contribution < 1.29 is 8.42 Å². The van der Waals surface area contributed by atoms with E-state index in [1.54, 1.807) is 29.5 Å². The van der Waals surface area contributed by atoms with Gasteiger partial charge in [0.1, 0.15) is 4.83 Å². The number of nitrogens with zero attached hydrogens (tertiary/aromatic N) is 3. The Morgan fingerprint density at radius 3 is 2.66 bits per heavy atom. The molecule has 3 aromatic heterocycles. The van der Waals surface area contributed by atoms with E-state index in [0.29, 0.717) is 10.2 Å². The number of sulfonamides is 1. The first-order chi connectivity index (χ1) is 13.8. The van der Waals surface area contributed by atoms with Crippen LogP contribution in [0.2, 0.25) is 0 Å². The molecule has 0 aliphatic rings. The van der Waals surface area contributed by atoms with Gasteiger partial charge in [0, 0.05) is 34.8 Å². The van der Waals surface area contributed by atoms with Crippen molar-refractivity contribution in [1.29, 1.82) is 0 Å². The van der Waals surface area contributed by atoms with Crippen LogP contribution in [0.1, 0.15) is 10.4 Å². The van der Waals surface area contributed by atoms with E-state index >= 15 is 0 Å². The van der Waals surface area contributed by atoms with Crippen molar-refractivity contribution in [2.24, 2.45) is 0 Å². The van der Waals surface area contributed by atoms with Crippen molar-refractivity contribution in [1.82, 2.24) is 13.9 Å². The molecule has 0 saturated carbocycles. The number of rotatable bonds is 5. The lowest BCUT2D eigenvalue weighted by atomic mass is 10.2. The molecule has 0 aliphatic carbocycles. The minimum Gasteiger partial charge on any atom is -0.294 e. The maximum atomic E-state index is 13.2. The van der Waals surface area contributed by atoms with E-state index in [-0.39, 0.29) is 17.0 Å². The molecular weight excluding hydrogens is 426 g/mol. The summed E-state index contributed by atoms with van der Waals surface area (Å²) in [5.74, 6) is 0. The first-order valence-electron chi connectivity index (χ1n) is 8.82. The van der Waals surface area contributed by atoms with Gasteiger partial charge in [0.25, 0.3) is 5.56 Å². The molecular formula is C20H19N3O3S3. The zero-order valence-corrected chi connectivity index (χ0v) is 18.6. The quantitative estimate of drug-likeness (QED) is 0.469. The van der Waals surface area contributed by atoms with Crippen LogP contribution in [0.15, 0.2) is 57.8 Å². The summed E-state index contributed by atoms with van der Waals surface area (Å²) in [6.45, 7) is 2.28. The molecule has 1 aromatic carbocycles. The van der Waals surface area contributed by atoms with Crippen LogP contribution in [0.3, 0.4) is 0 Å². The molecule has 0 amide bonds. The van der Waals surface area contributed by atoms with Gasteiger partial charge in [0.2, 0.25) is 10.0 Å². The molecule has 29 heavy (non-hydrogen) atoms. The fourth-order valence-electron chi connectivity index (χ4n) is 3.05. The zero-order valence-electron chi connectivity index (χ0n) is 16.1. The molecule has 9 heteroatoms. The van der Waals surface area contributed by atoms with Crippen LogP contribution < -0.4 is 5.56 Å². The summed E-state index contributed by atoms with van der Waals surface area (Å²) in [7, 11) is -0.545. The predicted molar refractivity (Wildman–Crippen MR) is 118 cm³/mol. The van der Waals surface area contributed by atoms with Gasteiger partial charge in [-0.25, -0.2) is 17.7 Å². The largest absolute Gasteiger partial charge is 0.294 e. The standard InChI is InChI=1S/C20H19N3O3S3/c1-13-7-8-17(28-13)16-11-27-19-18(16)20(24)23(12-21-19)10-14-5-4-6-15(9-14)29(25,26)22(2)3/h4-9,11-12H,10H2,1-3H3. The smallest absolute Gasteiger partial charge is 0.263 e. The maximum absolute atomic E-state index is 13.2. The molecule has 0 radical (unpaired) electrons. The number of aromatic nitrogens is 2. The van der Waals surface area contributed by atoms with E-state index in [4.69, 9.17) is 0 Å².